The molecule has 1 amide bonds. The number of hydrogen-bond donors (Lipinski definition) is 2. The van der Waals surface area contributed by atoms with Crippen molar-refractivity contribution in [2.45, 2.75) is 46.6 Å². The number of esters is 1. The fourth-order valence-corrected chi connectivity index (χ4v) is 2.02. The molecule has 0 radical (unpaired) electrons. The minimum Gasteiger partial charge on any atom is -0.446 e. The predicted molar refractivity (Wildman–Crippen MR) is 86.4 cm³/mol. The zero-order chi connectivity index (χ0) is 17.7. The van der Waals surface area contributed by atoms with Crippen molar-refractivity contribution in [3.8, 4) is 0 Å². The lowest BCUT2D eigenvalue weighted by atomic mass is 9.87. The van der Waals surface area contributed by atoms with E-state index >= 15 is 0 Å². The number of H-pyrrole nitrogens is 1. The molecule has 0 aromatic carbocycles. The highest BCUT2D eigenvalue weighted by Crippen LogP contribution is 2.22. The van der Waals surface area contributed by atoms with E-state index < -0.39 is 17.7 Å². The smallest absolute Gasteiger partial charge is 0.407 e. The van der Waals surface area contributed by atoms with Crippen LogP contribution >= 0.6 is 11.6 Å². The van der Waals surface area contributed by atoms with E-state index in [1.54, 1.807) is 20.8 Å². The third-order valence-electron chi connectivity index (χ3n) is 2.89. The molecule has 0 aliphatic carbocycles. The number of alkyl halides is 1. The molecule has 1 aromatic heterocycles. The molecule has 7 nitrogen and oxygen atoms in total. The van der Waals surface area contributed by atoms with Crippen LogP contribution in [0.3, 0.4) is 0 Å². The molecule has 0 saturated heterocycles. The summed E-state index contributed by atoms with van der Waals surface area (Å²) in [6.07, 6.45) is 1.42. The van der Waals surface area contributed by atoms with E-state index in [1.807, 2.05) is 13.8 Å². The third kappa shape index (κ3) is 6.90. The zero-order valence-electron chi connectivity index (χ0n) is 14.2. The number of aromatic nitrogens is 2. The summed E-state index contributed by atoms with van der Waals surface area (Å²) in [6.45, 7) is 9.71. The molecular formula is C15H24ClN3O4. The van der Waals surface area contributed by atoms with E-state index in [-0.39, 0.29) is 11.5 Å². The molecular weight excluding hydrogens is 322 g/mol. The molecule has 0 bridgehead atoms. The van der Waals surface area contributed by atoms with Gasteiger partial charge < -0.3 is 14.8 Å². The van der Waals surface area contributed by atoms with Gasteiger partial charge in [-0.25, -0.2) is 9.59 Å². The lowest BCUT2D eigenvalue weighted by Crippen LogP contribution is -2.39. The molecule has 0 spiro atoms. The van der Waals surface area contributed by atoms with Crippen molar-refractivity contribution in [3.63, 3.8) is 0 Å². The van der Waals surface area contributed by atoms with Crippen LogP contribution in [0.2, 0.25) is 0 Å². The number of carbonyl (C=O) groups excluding carboxylic acids is 2. The van der Waals surface area contributed by atoms with Gasteiger partial charge in [-0.1, -0.05) is 25.4 Å². The molecule has 23 heavy (non-hydrogen) atoms. The van der Waals surface area contributed by atoms with Crippen molar-refractivity contribution >= 4 is 23.7 Å². The van der Waals surface area contributed by atoms with Gasteiger partial charge in [0, 0.05) is 6.54 Å². The maximum absolute atomic E-state index is 11.8. The van der Waals surface area contributed by atoms with Crippen LogP contribution in [0.4, 0.5) is 4.79 Å². The zero-order valence-corrected chi connectivity index (χ0v) is 14.9. The fraction of sp³-hybridized carbons (Fsp3) is 0.667. The van der Waals surface area contributed by atoms with Gasteiger partial charge in [0.05, 0.1) is 11.9 Å². The van der Waals surface area contributed by atoms with Crippen molar-refractivity contribution in [1.29, 1.82) is 0 Å². The number of nitrogens with zero attached hydrogens (tertiary/aromatic N) is 1. The van der Waals surface area contributed by atoms with E-state index in [2.05, 4.69) is 15.5 Å². The van der Waals surface area contributed by atoms with Gasteiger partial charge in [-0.05, 0) is 32.6 Å². The van der Waals surface area contributed by atoms with Crippen LogP contribution in [0, 0.1) is 5.41 Å². The standard InChI is InChI=1S/C15H24ClN3O4/c1-14(2,3)23-13(21)17-8-15(4,5)6-11-10(7-18-19-11)12(20)22-9-16/h7H,6,8-9H2,1-5H3,(H,17,21)(H,18,19). The van der Waals surface area contributed by atoms with Gasteiger partial charge in [-0.2, -0.15) is 5.10 Å². The van der Waals surface area contributed by atoms with E-state index in [4.69, 9.17) is 21.1 Å². The molecule has 1 heterocycles. The molecule has 2 N–H and O–H groups in total. The lowest BCUT2D eigenvalue weighted by Gasteiger charge is -2.26. The average molecular weight is 346 g/mol. The van der Waals surface area contributed by atoms with Crippen LogP contribution < -0.4 is 5.32 Å². The van der Waals surface area contributed by atoms with E-state index in [0.717, 1.165) is 0 Å². The van der Waals surface area contributed by atoms with Gasteiger partial charge in [-0.15, -0.1) is 0 Å². The summed E-state index contributed by atoms with van der Waals surface area (Å²) in [7, 11) is 0. The minimum absolute atomic E-state index is 0.215. The van der Waals surface area contributed by atoms with Crippen molar-refractivity contribution < 1.29 is 19.1 Å². The third-order valence-corrected chi connectivity index (χ3v) is 3.00. The number of aromatic amines is 1. The molecule has 0 atom stereocenters. The minimum atomic E-state index is -0.546. The second kappa shape index (κ2) is 7.68. The van der Waals surface area contributed by atoms with Gasteiger partial charge >= 0.3 is 12.1 Å². The Morgan fingerprint density at radius 1 is 1.30 bits per heavy atom. The van der Waals surface area contributed by atoms with Crippen molar-refractivity contribution in [2.24, 2.45) is 5.41 Å². The first-order valence-corrected chi connectivity index (χ1v) is 7.80. The molecule has 1 rings (SSSR count). The Labute approximate surface area is 141 Å². The highest BCUT2D eigenvalue weighted by molar-refractivity contribution is 6.17. The van der Waals surface area contributed by atoms with Crippen molar-refractivity contribution in [2.75, 3.05) is 12.6 Å². The van der Waals surface area contributed by atoms with Crippen molar-refractivity contribution in [1.82, 2.24) is 15.5 Å². The normalized spacial score (nSPS) is 11.9. The SMILES string of the molecule is CC(C)(CNC(=O)OC(C)(C)C)Cc1[nH]ncc1C(=O)OCCl. The Balaban J connectivity index is 2.64. The van der Waals surface area contributed by atoms with Gasteiger partial charge in [-0.3, -0.25) is 5.10 Å². The van der Waals surface area contributed by atoms with E-state index in [0.29, 0.717) is 24.2 Å². The highest BCUT2D eigenvalue weighted by Gasteiger charge is 2.26. The second-order valence-corrected chi connectivity index (χ2v) is 7.22. The summed E-state index contributed by atoms with van der Waals surface area (Å²) in [5.74, 6) is -0.528. The van der Waals surface area contributed by atoms with Gasteiger partial charge in [0.1, 0.15) is 11.2 Å². The van der Waals surface area contributed by atoms with Gasteiger partial charge in [0.15, 0.2) is 6.07 Å². The maximum atomic E-state index is 11.8. The number of hydrogen-bond acceptors (Lipinski definition) is 5. The number of alkyl carbamates (subject to hydrolysis) is 1. The number of ether oxygens (including phenoxy) is 2. The van der Waals surface area contributed by atoms with E-state index in [9.17, 15) is 9.59 Å². The van der Waals surface area contributed by atoms with Crippen LogP contribution in [0.1, 0.15) is 50.7 Å². The molecule has 0 saturated carbocycles. The van der Waals surface area contributed by atoms with Crippen LogP contribution in [0.25, 0.3) is 0 Å². The largest absolute Gasteiger partial charge is 0.446 e. The Bertz CT molecular complexity index is 549. The summed E-state index contributed by atoms with van der Waals surface area (Å²) in [5, 5.41) is 9.39. The first-order chi connectivity index (χ1) is 10.5. The van der Waals surface area contributed by atoms with Crippen LogP contribution in [-0.4, -0.2) is 40.5 Å². The number of amides is 1. The highest BCUT2D eigenvalue weighted by atomic mass is 35.5. The number of rotatable bonds is 6. The molecule has 0 aliphatic rings. The number of carbonyl (C=O) groups is 2. The second-order valence-electron chi connectivity index (χ2n) is 7.00. The molecule has 130 valence electrons. The maximum Gasteiger partial charge on any atom is 0.407 e. The molecule has 0 aliphatic heterocycles. The Morgan fingerprint density at radius 2 is 1.96 bits per heavy atom. The first-order valence-electron chi connectivity index (χ1n) is 7.26. The Morgan fingerprint density at radius 3 is 2.52 bits per heavy atom. The number of halogens is 1. The molecule has 0 fully saturated rings. The Hall–Kier alpha value is -1.76. The fourth-order valence-electron chi connectivity index (χ4n) is 1.92. The van der Waals surface area contributed by atoms with Gasteiger partial charge in [0.25, 0.3) is 0 Å². The van der Waals surface area contributed by atoms with Gasteiger partial charge in [0.2, 0.25) is 0 Å². The van der Waals surface area contributed by atoms with E-state index in [1.165, 1.54) is 6.20 Å². The average Bonchev–Trinajstić information content (AvgIpc) is 2.82. The number of nitrogens with one attached hydrogen (secondary N) is 2. The topological polar surface area (TPSA) is 93.3 Å². The molecule has 8 heteroatoms. The monoisotopic (exact) mass is 345 g/mol. The quantitative estimate of drug-likeness (QED) is 0.610. The lowest BCUT2D eigenvalue weighted by molar-refractivity contribution is 0.0502. The summed E-state index contributed by atoms with van der Waals surface area (Å²) < 4.78 is 9.97. The summed E-state index contributed by atoms with van der Waals surface area (Å²) >= 11 is 5.40. The van der Waals surface area contributed by atoms with Crippen LogP contribution in [-0.2, 0) is 15.9 Å². The van der Waals surface area contributed by atoms with Crippen LogP contribution in [0.5, 0.6) is 0 Å². The summed E-state index contributed by atoms with van der Waals surface area (Å²) in [6, 6.07) is -0.215. The Kier molecular flexibility index (Phi) is 6.44. The summed E-state index contributed by atoms with van der Waals surface area (Å²) in [4.78, 5) is 23.5. The summed E-state index contributed by atoms with van der Waals surface area (Å²) in [5.41, 5.74) is 0.113. The molecule has 1 aromatic rings. The van der Waals surface area contributed by atoms with Crippen LogP contribution in [0.15, 0.2) is 6.20 Å². The van der Waals surface area contributed by atoms with Crippen molar-refractivity contribution in [3.05, 3.63) is 17.5 Å². The first kappa shape index (κ1) is 19.3. The predicted octanol–water partition coefficient (Wildman–Crippen LogP) is 2.86. The molecule has 0 unspecified atom stereocenters.